The summed E-state index contributed by atoms with van der Waals surface area (Å²) < 4.78 is 0. The Morgan fingerprint density at radius 2 is 1.79 bits per heavy atom. The van der Waals surface area contributed by atoms with Gasteiger partial charge >= 0.3 is 0 Å². The molecular weight excluding hydrogens is 270 g/mol. The van der Waals surface area contributed by atoms with Gasteiger partial charge in [-0.05, 0) is 31.4 Å². The van der Waals surface area contributed by atoms with Crippen LogP contribution in [-0.2, 0) is 19.5 Å². The third kappa shape index (κ3) is 8.35. The average molecular weight is 284 g/mol. The second-order valence-corrected chi connectivity index (χ2v) is 3.14. The van der Waals surface area contributed by atoms with Crippen molar-refractivity contribution in [2.45, 2.75) is 13.0 Å². The fourth-order valence-electron chi connectivity index (χ4n) is 0.478. The second-order valence-electron chi connectivity index (χ2n) is 2.33. The van der Waals surface area contributed by atoms with E-state index in [9.17, 15) is 0 Å². The Bertz CT molecular complexity index is 210. The Morgan fingerprint density at radius 1 is 1.29 bits per heavy atom. The maximum atomic E-state index is 4.94. The molecule has 1 atom stereocenters. The molecule has 4 N–H and O–H groups in total. The van der Waals surface area contributed by atoms with Crippen molar-refractivity contribution in [3.8, 4) is 0 Å². The van der Waals surface area contributed by atoms with E-state index in [-0.39, 0.29) is 25.5 Å². The zero-order chi connectivity index (χ0) is 10.3. The van der Waals surface area contributed by atoms with Crippen LogP contribution in [0.2, 0.25) is 0 Å². The smallest absolute Gasteiger partial charge is 0.185 e. The van der Waals surface area contributed by atoms with E-state index in [1.807, 2.05) is 6.92 Å². The molecule has 0 fully saturated rings. The van der Waals surface area contributed by atoms with Gasteiger partial charge < -0.3 is 10.6 Å². The third-order valence-corrected chi connectivity index (χ3v) is 1.76. The molecule has 14 heavy (non-hydrogen) atoms. The van der Waals surface area contributed by atoms with Crippen molar-refractivity contribution in [2.24, 2.45) is 0 Å². The van der Waals surface area contributed by atoms with E-state index >= 15 is 0 Å². The number of hydrogen-bond acceptors (Lipinski definition) is 2. The summed E-state index contributed by atoms with van der Waals surface area (Å²) in [5.41, 5.74) is 5.41. The van der Waals surface area contributed by atoms with Crippen molar-refractivity contribution in [2.75, 3.05) is 7.05 Å². The number of hydrazine groups is 1. The van der Waals surface area contributed by atoms with E-state index in [0.29, 0.717) is 10.2 Å². The minimum Gasteiger partial charge on any atom is -0.364 e. The number of hydrogen-bond donors (Lipinski definition) is 4. The largest absolute Gasteiger partial charge is 0.364 e. The van der Waals surface area contributed by atoms with Crippen LogP contribution in [0.1, 0.15) is 6.92 Å². The topological polar surface area (TPSA) is 48.1 Å². The number of thiocarbonyl (C=S) groups is 2. The Balaban J connectivity index is 0. The number of nitrogens with one attached hydrogen (secondary N) is 4. The van der Waals surface area contributed by atoms with Gasteiger partial charge in [-0.25, -0.2) is 0 Å². The van der Waals surface area contributed by atoms with Gasteiger partial charge in [-0.2, -0.15) is 0 Å². The van der Waals surface area contributed by atoms with Gasteiger partial charge in [0.25, 0.3) is 0 Å². The van der Waals surface area contributed by atoms with Crippen molar-refractivity contribution in [1.29, 1.82) is 0 Å². The number of rotatable bonds is 2. The van der Waals surface area contributed by atoms with Gasteiger partial charge in [0.2, 0.25) is 0 Å². The first kappa shape index (κ1) is 16.2. The van der Waals surface area contributed by atoms with Crippen LogP contribution in [0.25, 0.3) is 0 Å². The van der Waals surface area contributed by atoms with Crippen molar-refractivity contribution >= 4 is 34.7 Å². The first-order chi connectivity index (χ1) is 6.10. The molecule has 0 radical (unpaired) electrons. The average Bonchev–Trinajstić information content (AvgIpc) is 2.13. The summed E-state index contributed by atoms with van der Waals surface area (Å²) in [6.07, 6.45) is 1.75. The van der Waals surface area contributed by atoms with Gasteiger partial charge in [-0.3, -0.25) is 10.9 Å². The van der Waals surface area contributed by atoms with Gasteiger partial charge in [0, 0.05) is 32.6 Å². The Kier molecular flexibility index (Phi) is 10.8. The van der Waals surface area contributed by atoms with E-state index in [1.165, 1.54) is 0 Å². The van der Waals surface area contributed by atoms with Gasteiger partial charge in [0.15, 0.2) is 10.2 Å². The van der Waals surface area contributed by atoms with Crippen LogP contribution in [-0.4, -0.2) is 23.3 Å². The predicted molar refractivity (Wildman–Crippen MR) is 63.3 cm³/mol. The molecule has 0 aromatic rings. The molecule has 0 bridgehead atoms. The minimum absolute atomic E-state index is 0. The molecule has 1 unspecified atom stereocenters. The molecule has 4 nitrogen and oxygen atoms in total. The Labute approximate surface area is 108 Å². The monoisotopic (exact) mass is 282 g/mol. The zero-order valence-electron chi connectivity index (χ0n) is 8.39. The summed E-state index contributed by atoms with van der Waals surface area (Å²) in [5, 5.41) is 6.66. The van der Waals surface area contributed by atoms with E-state index in [4.69, 9.17) is 24.4 Å². The molecule has 76 valence electrons. The second kappa shape index (κ2) is 9.30. The maximum Gasteiger partial charge on any atom is 0.185 e. The third-order valence-electron chi connectivity index (χ3n) is 1.23. The van der Waals surface area contributed by atoms with Crippen LogP contribution < -0.4 is 21.5 Å². The van der Waals surface area contributed by atoms with E-state index < -0.39 is 0 Å². The molecule has 0 aliphatic rings. The van der Waals surface area contributed by atoms with Crippen molar-refractivity contribution in [3.05, 3.63) is 12.7 Å². The zero-order valence-corrected chi connectivity index (χ0v) is 13.0. The van der Waals surface area contributed by atoms with Crippen molar-refractivity contribution in [3.63, 3.8) is 0 Å². The predicted octanol–water partition coefficient (Wildman–Crippen LogP) is 0.0314. The molecule has 7 heteroatoms. The van der Waals surface area contributed by atoms with E-state index in [0.717, 1.165) is 0 Å². The molecule has 0 amide bonds. The Hall–Kier alpha value is -0.257. The van der Waals surface area contributed by atoms with E-state index in [2.05, 4.69) is 28.1 Å². The van der Waals surface area contributed by atoms with Crippen LogP contribution in [0.15, 0.2) is 12.7 Å². The first-order valence-corrected chi connectivity index (χ1v) is 4.58. The summed E-state index contributed by atoms with van der Waals surface area (Å²) in [4.78, 5) is 0. The summed E-state index contributed by atoms with van der Waals surface area (Å²) in [6, 6.07) is 0.130. The fraction of sp³-hybridized carbons (Fsp3) is 0.429. The molecule has 0 saturated heterocycles. The first-order valence-electron chi connectivity index (χ1n) is 3.77. The molecular formula is C7H14N4S2Zn. The van der Waals surface area contributed by atoms with Gasteiger partial charge in [0.05, 0.1) is 0 Å². The summed E-state index contributed by atoms with van der Waals surface area (Å²) in [6.45, 7) is 5.56. The molecule has 0 aromatic carbocycles. The molecule has 0 heterocycles. The van der Waals surface area contributed by atoms with E-state index in [1.54, 1.807) is 13.1 Å². The Morgan fingerprint density at radius 3 is 2.21 bits per heavy atom. The quantitative estimate of drug-likeness (QED) is 0.248. The normalized spacial score (nSPS) is 10.1. The van der Waals surface area contributed by atoms with Crippen LogP contribution in [0.3, 0.4) is 0 Å². The van der Waals surface area contributed by atoms with Crippen LogP contribution >= 0.6 is 24.4 Å². The SMILES string of the molecule is C=CC(C)NC(=S)NNC(=S)NC.[Zn]. The summed E-state index contributed by atoms with van der Waals surface area (Å²) >= 11 is 9.77. The molecule has 0 saturated carbocycles. The standard InChI is InChI=1S/C7H14N4S2.Zn/c1-4-5(2)9-7(13)11-10-6(12)8-3;/h4-5H,1H2,2-3H3,(H2,8,10,12)(H2,9,11,13);. The summed E-state index contributed by atoms with van der Waals surface area (Å²) in [5.74, 6) is 0. The van der Waals surface area contributed by atoms with Gasteiger partial charge in [0.1, 0.15) is 0 Å². The maximum absolute atomic E-state index is 4.94. The van der Waals surface area contributed by atoms with Crippen molar-refractivity contribution in [1.82, 2.24) is 21.5 Å². The molecule has 0 rings (SSSR count). The molecule has 0 aliphatic carbocycles. The van der Waals surface area contributed by atoms with Crippen LogP contribution in [0.4, 0.5) is 0 Å². The summed E-state index contributed by atoms with van der Waals surface area (Å²) in [7, 11) is 1.72. The molecule has 0 aromatic heterocycles. The molecule has 0 spiro atoms. The van der Waals surface area contributed by atoms with Crippen LogP contribution in [0, 0.1) is 0 Å². The molecule has 0 aliphatic heterocycles. The van der Waals surface area contributed by atoms with Gasteiger partial charge in [-0.15, -0.1) is 6.58 Å². The minimum atomic E-state index is 0. The fourth-order valence-corrected chi connectivity index (χ4v) is 0.766. The van der Waals surface area contributed by atoms with Crippen molar-refractivity contribution < 1.29 is 19.5 Å². The van der Waals surface area contributed by atoms with Gasteiger partial charge in [-0.1, -0.05) is 6.08 Å². The van der Waals surface area contributed by atoms with Crippen LogP contribution in [0.5, 0.6) is 0 Å².